The highest BCUT2D eigenvalue weighted by atomic mass is 16.4. The van der Waals surface area contributed by atoms with E-state index in [9.17, 15) is 10.0 Å². The zero-order valence-corrected chi connectivity index (χ0v) is 16.2. The molecule has 2 aromatic heterocycles. The highest BCUT2D eigenvalue weighted by molar-refractivity contribution is 6.58. The number of aromatic nitrogens is 2. The number of benzene rings is 3. The van der Waals surface area contributed by atoms with Gasteiger partial charge in [-0.05, 0) is 28.7 Å². The van der Waals surface area contributed by atoms with Crippen molar-refractivity contribution in [3.05, 3.63) is 103 Å². The second-order valence-corrected chi connectivity index (χ2v) is 7.18. The van der Waals surface area contributed by atoms with Crippen molar-refractivity contribution in [1.82, 2.24) is 9.38 Å². The van der Waals surface area contributed by atoms with E-state index in [2.05, 4.69) is 34.9 Å². The smallest absolute Gasteiger partial charge is 0.423 e. The van der Waals surface area contributed by atoms with Crippen LogP contribution in [0.4, 0.5) is 0 Å². The topological polar surface area (TPSA) is 57.8 Å². The van der Waals surface area contributed by atoms with E-state index in [0.717, 1.165) is 39.3 Å². The normalized spacial score (nSPS) is 11.0. The first-order chi connectivity index (χ1) is 14.7. The number of hydrogen-bond acceptors (Lipinski definition) is 3. The molecule has 0 aliphatic carbocycles. The Labute approximate surface area is 174 Å². The van der Waals surface area contributed by atoms with Gasteiger partial charge in [-0.2, -0.15) is 0 Å². The largest absolute Gasteiger partial charge is 0.488 e. The Bertz CT molecular complexity index is 1300. The molecule has 0 aliphatic rings. The molecule has 0 spiro atoms. The quantitative estimate of drug-likeness (QED) is 0.456. The van der Waals surface area contributed by atoms with Crippen LogP contribution in [0.1, 0.15) is 0 Å². The van der Waals surface area contributed by atoms with Crippen LogP contribution in [0, 0.1) is 0 Å². The molecule has 0 fully saturated rings. The molecular formula is C25H19BN2O2. The third kappa shape index (κ3) is 3.30. The molecule has 0 saturated heterocycles. The van der Waals surface area contributed by atoms with Crippen molar-refractivity contribution >= 4 is 18.2 Å². The fraction of sp³-hybridized carbons (Fsp3) is 0. The molecule has 0 atom stereocenters. The molecule has 144 valence electrons. The van der Waals surface area contributed by atoms with Crippen LogP contribution in [0.15, 0.2) is 103 Å². The number of imidazole rings is 1. The lowest BCUT2D eigenvalue weighted by atomic mass is 9.80. The van der Waals surface area contributed by atoms with E-state index in [0.29, 0.717) is 5.46 Å². The van der Waals surface area contributed by atoms with E-state index in [1.54, 1.807) is 12.1 Å². The first-order valence-electron chi connectivity index (χ1n) is 9.80. The van der Waals surface area contributed by atoms with Gasteiger partial charge in [-0.1, -0.05) is 84.9 Å². The molecule has 0 amide bonds. The molecule has 2 heterocycles. The molecule has 0 aliphatic heterocycles. The van der Waals surface area contributed by atoms with Gasteiger partial charge in [0.2, 0.25) is 0 Å². The van der Waals surface area contributed by atoms with Gasteiger partial charge in [-0.3, -0.25) is 4.40 Å². The molecule has 5 heteroatoms. The summed E-state index contributed by atoms with van der Waals surface area (Å²) in [6.45, 7) is 0. The number of rotatable bonds is 4. The zero-order chi connectivity index (χ0) is 20.5. The lowest BCUT2D eigenvalue weighted by Crippen LogP contribution is -2.29. The predicted octanol–water partition coefficient (Wildman–Crippen LogP) is 4.02. The second kappa shape index (κ2) is 7.63. The maximum Gasteiger partial charge on any atom is 0.488 e. The molecule has 3 aromatic carbocycles. The number of fused-ring (bicyclic) bond motifs is 1. The number of nitrogens with zero attached hydrogens (tertiary/aromatic N) is 2. The minimum Gasteiger partial charge on any atom is -0.423 e. The summed E-state index contributed by atoms with van der Waals surface area (Å²) in [5.74, 6) is 0. The Morgan fingerprint density at radius 3 is 1.83 bits per heavy atom. The van der Waals surface area contributed by atoms with E-state index in [1.165, 1.54) is 0 Å². The van der Waals surface area contributed by atoms with E-state index >= 15 is 0 Å². The molecule has 0 bridgehead atoms. The highest BCUT2D eigenvalue weighted by Gasteiger charge is 2.16. The molecule has 0 unspecified atom stereocenters. The zero-order valence-electron chi connectivity index (χ0n) is 16.2. The summed E-state index contributed by atoms with van der Waals surface area (Å²) in [5.41, 5.74) is 7.52. The maximum absolute atomic E-state index is 9.34. The van der Waals surface area contributed by atoms with Gasteiger partial charge < -0.3 is 10.0 Å². The standard InChI is InChI=1S/C25H19BN2O2/c29-26(30)22-14-11-18(12-15-22)21-13-16-23-27-24(19-7-3-1-4-8-19)25(28(23)17-21)20-9-5-2-6-10-20/h1-17,29-30H. The van der Waals surface area contributed by atoms with Gasteiger partial charge in [0.25, 0.3) is 0 Å². The van der Waals surface area contributed by atoms with E-state index in [4.69, 9.17) is 4.98 Å². The average Bonchev–Trinajstić information content (AvgIpc) is 3.19. The minimum absolute atomic E-state index is 0.471. The Hall–Kier alpha value is -3.67. The van der Waals surface area contributed by atoms with Crippen LogP contribution < -0.4 is 5.46 Å². The molecule has 4 nitrogen and oxygen atoms in total. The van der Waals surface area contributed by atoms with Gasteiger partial charge in [-0.25, -0.2) is 4.98 Å². The van der Waals surface area contributed by atoms with Crippen molar-refractivity contribution in [1.29, 1.82) is 0 Å². The predicted molar refractivity (Wildman–Crippen MR) is 121 cm³/mol. The Kier molecular flexibility index (Phi) is 4.67. The molecular weight excluding hydrogens is 371 g/mol. The highest BCUT2D eigenvalue weighted by Crippen LogP contribution is 2.33. The van der Waals surface area contributed by atoms with Crippen LogP contribution in [0.2, 0.25) is 0 Å². The summed E-state index contributed by atoms with van der Waals surface area (Å²) in [5, 5.41) is 18.7. The van der Waals surface area contributed by atoms with Crippen LogP contribution in [0.25, 0.3) is 39.3 Å². The lowest BCUT2D eigenvalue weighted by Gasteiger charge is -2.08. The molecule has 0 radical (unpaired) electrons. The number of pyridine rings is 1. The first-order valence-corrected chi connectivity index (χ1v) is 9.80. The molecule has 2 N–H and O–H groups in total. The average molecular weight is 390 g/mol. The van der Waals surface area contributed by atoms with Crippen LogP contribution in [-0.2, 0) is 0 Å². The summed E-state index contributed by atoms with van der Waals surface area (Å²) in [7, 11) is -1.46. The first kappa shape index (κ1) is 18.4. The molecule has 0 saturated carbocycles. The van der Waals surface area contributed by atoms with E-state index in [-0.39, 0.29) is 0 Å². The fourth-order valence-electron chi connectivity index (χ4n) is 3.73. The van der Waals surface area contributed by atoms with Crippen LogP contribution in [0.5, 0.6) is 0 Å². The Balaban J connectivity index is 1.71. The van der Waals surface area contributed by atoms with Crippen molar-refractivity contribution in [2.45, 2.75) is 0 Å². The fourth-order valence-corrected chi connectivity index (χ4v) is 3.73. The van der Waals surface area contributed by atoms with Crippen molar-refractivity contribution in [3.8, 4) is 33.6 Å². The third-order valence-corrected chi connectivity index (χ3v) is 5.26. The maximum atomic E-state index is 9.34. The second-order valence-electron chi connectivity index (χ2n) is 7.18. The molecule has 30 heavy (non-hydrogen) atoms. The monoisotopic (exact) mass is 390 g/mol. The van der Waals surface area contributed by atoms with Gasteiger partial charge in [-0.15, -0.1) is 0 Å². The van der Waals surface area contributed by atoms with Crippen molar-refractivity contribution < 1.29 is 10.0 Å². The van der Waals surface area contributed by atoms with Gasteiger partial charge >= 0.3 is 7.12 Å². The summed E-state index contributed by atoms with van der Waals surface area (Å²) in [6.07, 6.45) is 2.08. The summed E-state index contributed by atoms with van der Waals surface area (Å²) in [6, 6.07) is 31.8. The Morgan fingerprint density at radius 1 is 0.600 bits per heavy atom. The van der Waals surface area contributed by atoms with Crippen molar-refractivity contribution in [2.75, 3.05) is 0 Å². The van der Waals surface area contributed by atoms with Gasteiger partial charge in [0, 0.05) is 17.3 Å². The summed E-state index contributed by atoms with van der Waals surface area (Å²) < 4.78 is 2.13. The van der Waals surface area contributed by atoms with Gasteiger partial charge in [0.05, 0.1) is 11.4 Å². The molecule has 5 aromatic rings. The number of hydrogen-bond donors (Lipinski definition) is 2. The lowest BCUT2D eigenvalue weighted by molar-refractivity contribution is 0.426. The van der Waals surface area contributed by atoms with Crippen molar-refractivity contribution in [3.63, 3.8) is 0 Å². The van der Waals surface area contributed by atoms with Gasteiger partial charge in [0.15, 0.2) is 0 Å². The summed E-state index contributed by atoms with van der Waals surface area (Å²) >= 11 is 0. The summed E-state index contributed by atoms with van der Waals surface area (Å²) in [4.78, 5) is 4.93. The van der Waals surface area contributed by atoms with Crippen molar-refractivity contribution in [2.24, 2.45) is 0 Å². The van der Waals surface area contributed by atoms with E-state index in [1.807, 2.05) is 60.7 Å². The minimum atomic E-state index is -1.46. The Morgan fingerprint density at radius 2 is 1.20 bits per heavy atom. The van der Waals surface area contributed by atoms with Gasteiger partial charge in [0.1, 0.15) is 5.65 Å². The SMILES string of the molecule is OB(O)c1ccc(-c2ccc3nc(-c4ccccc4)c(-c4ccccc4)n3c2)cc1. The van der Waals surface area contributed by atoms with E-state index < -0.39 is 7.12 Å². The van der Waals surface area contributed by atoms with Crippen LogP contribution >= 0.6 is 0 Å². The third-order valence-electron chi connectivity index (χ3n) is 5.26. The molecule has 5 rings (SSSR count). The van der Waals surface area contributed by atoms with Crippen LogP contribution in [-0.4, -0.2) is 26.6 Å². The van der Waals surface area contributed by atoms with Crippen LogP contribution in [0.3, 0.4) is 0 Å².